The summed E-state index contributed by atoms with van der Waals surface area (Å²) >= 11 is 0. The van der Waals surface area contributed by atoms with E-state index >= 15 is 0 Å². The number of benzene rings is 2. The van der Waals surface area contributed by atoms with E-state index in [0.29, 0.717) is 30.9 Å². The number of hydrogen-bond acceptors (Lipinski definition) is 5. The maximum atomic E-state index is 13.5. The van der Waals surface area contributed by atoms with Crippen molar-refractivity contribution < 1.29 is 24.2 Å². The van der Waals surface area contributed by atoms with E-state index < -0.39 is 12.1 Å². The molecule has 172 valence electrons. The molecule has 5 rings (SSSR count). The number of para-hydroxylation sites is 1. The number of hydrogen-bond donors (Lipinski definition) is 2. The van der Waals surface area contributed by atoms with Crippen molar-refractivity contribution in [2.24, 2.45) is 0 Å². The number of amides is 2. The lowest BCUT2D eigenvalue weighted by Gasteiger charge is -2.47. The van der Waals surface area contributed by atoms with Gasteiger partial charge in [-0.2, -0.15) is 0 Å². The number of aromatic amines is 1. The molecule has 3 heterocycles. The average Bonchev–Trinajstić information content (AvgIpc) is 3.22. The van der Waals surface area contributed by atoms with E-state index in [2.05, 4.69) is 4.98 Å². The number of aliphatic hydroxyl groups is 1. The zero-order valence-corrected chi connectivity index (χ0v) is 18.7. The lowest BCUT2D eigenvalue weighted by atomic mass is 9.86. The molecular weight excluding hydrogens is 422 g/mol. The molecule has 0 bridgehead atoms. The highest BCUT2D eigenvalue weighted by molar-refractivity contribution is 5.97. The van der Waals surface area contributed by atoms with Gasteiger partial charge in [0.15, 0.2) is 11.5 Å². The van der Waals surface area contributed by atoms with Crippen LogP contribution in [0.2, 0.25) is 0 Å². The van der Waals surface area contributed by atoms with Gasteiger partial charge in [0, 0.05) is 36.2 Å². The third-order valence-corrected chi connectivity index (χ3v) is 6.65. The van der Waals surface area contributed by atoms with Gasteiger partial charge in [-0.25, -0.2) is 0 Å². The van der Waals surface area contributed by atoms with E-state index in [-0.39, 0.29) is 25.0 Å². The number of carbonyl (C=O) groups excluding carboxylic acids is 2. The number of nitrogens with zero attached hydrogens (tertiary/aromatic N) is 2. The highest BCUT2D eigenvalue weighted by atomic mass is 16.5. The molecule has 0 spiro atoms. The van der Waals surface area contributed by atoms with Crippen molar-refractivity contribution in [3.63, 3.8) is 0 Å². The van der Waals surface area contributed by atoms with E-state index in [0.717, 1.165) is 27.7 Å². The molecule has 0 radical (unpaired) electrons. The molecule has 1 saturated heterocycles. The van der Waals surface area contributed by atoms with Gasteiger partial charge in [0.25, 0.3) is 0 Å². The smallest absolute Gasteiger partial charge is 0.246 e. The van der Waals surface area contributed by atoms with Gasteiger partial charge in [-0.1, -0.05) is 24.3 Å². The summed E-state index contributed by atoms with van der Waals surface area (Å²) < 4.78 is 10.9. The zero-order valence-electron chi connectivity index (χ0n) is 18.7. The normalized spacial score (nSPS) is 20.1. The van der Waals surface area contributed by atoms with Gasteiger partial charge in [0.1, 0.15) is 6.04 Å². The van der Waals surface area contributed by atoms with E-state index in [1.165, 1.54) is 0 Å². The lowest BCUT2D eigenvalue weighted by Crippen LogP contribution is -2.63. The topological polar surface area (TPSA) is 95.1 Å². The van der Waals surface area contributed by atoms with E-state index in [9.17, 15) is 14.7 Å². The summed E-state index contributed by atoms with van der Waals surface area (Å²) in [7, 11) is 3.16. The molecule has 0 aliphatic carbocycles. The SMILES string of the molecule is COc1ccc([C@@H]2c3[nH]c4ccccc4c3C[C@H]3C(=O)N(CCCO)CC(=O)N23)cc1OC. The summed E-state index contributed by atoms with van der Waals surface area (Å²) in [4.78, 5) is 33.7. The zero-order chi connectivity index (χ0) is 23.1. The van der Waals surface area contributed by atoms with Crippen molar-refractivity contribution in [3.8, 4) is 11.5 Å². The summed E-state index contributed by atoms with van der Waals surface area (Å²) in [5.74, 6) is 0.975. The largest absolute Gasteiger partial charge is 0.493 e. The van der Waals surface area contributed by atoms with Crippen LogP contribution in [0, 0.1) is 0 Å². The van der Waals surface area contributed by atoms with E-state index in [1.54, 1.807) is 24.0 Å². The monoisotopic (exact) mass is 449 g/mol. The van der Waals surface area contributed by atoms with Crippen LogP contribution in [0.15, 0.2) is 42.5 Å². The number of nitrogens with one attached hydrogen (secondary N) is 1. The first-order valence-electron chi connectivity index (χ1n) is 11.1. The van der Waals surface area contributed by atoms with Crippen LogP contribution < -0.4 is 9.47 Å². The van der Waals surface area contributed by atoms with Crippen LogP contribution >= 0.6 is 0 Å². The van der Waals surface area contributed by atoms with E-state index in [1.807, 2.05) is 42.5 Å². The lowest BCUT2D eigenvalue weighted by molar-refractivity contribution is -0.158. The fourth-order valence-electron chi connectivity index (χ4n) is 5.14. The third-order valence-electron chi connectivity index (χ3n) is 6.65. The number of H-pyrrole nitrogens is 1. The van der Waals surface area contributed by atoms with Crippen LogP contribution in [0.4, 0.5) is 0 Å². The number of methoxy groups -OCH3 is 2. The van der Waals surface area contributed by atoms with Crippen molar-refractivity contribution in [2.75, 3.05) is 33.9 Å². The number of aromatic nitrogens is 1. The Morgan fingerprint density at radius 3 is 2.64 bits per heavy atom. The molecule has 1 aromatic heterocycles. The van der Waals surface area contributed by atoms with Crippen molar-refractivity contribution in [1.29, 1.82) is 0 Å². The van der Waals surface area contributed by atoms with Crippen molar-refractivity contribution in [3.05, 3.63) is 59.3 Å². The molecule has 2 aliphatic rings. The molecule has 2 N–H and O–H groups in total. The molecule has 0 saturated carbocycles. The summed E-state index contributed by atoms with van der Waals surface area (Å²) in [5.41, 5.74) is 3.79. The Balaban J connectivity index is 1.67. The second-order valence-corrected chi connectivity index (χ2v) is 8.44. The molecule has 0 unspecified atom stereocenters. The highest BCUT2D eigenvalue weighted by Gasteiger charge is 2.48. The van der Waals surface area contributed by atoms with Gasteiger partial charge in [-0.15, -0.1) is 0 Å². The molecule has 1 fully saturated rings. The third kappa shape index (κ3) is 3.41. The minimum atomic E-state index is -0.602. The maximum absolute atomic E-state index is 13.5. The fourth-order valence-corrected chi connectivity index (χ4v) is 5.14. The molecule has 3 aromatic rings. The Bertz CT molecular complexity index is 1220. The Hall–Kier alpha value is -3.52. The van der Waals surface area contributed by atoms with Gasteiger partial charge >= 0.3 is 0 Å². The molecule has 2 aromatic carbocycles. The average molecular weight is 450 g/mol. The van der Waals surface area contributed by atoms with Crippen LogP contribution in [-0.2, 0) is 16.0 Å². The molecular formula is C25H27N3O5. The first-order valence-corrected chi connectivity index (χ1v) is 11.1. The number of aliphatic hydroxyl groups excluding tert-OH is 1. The number of rotatable bonds is 6. The Kier molecular flexibility index (Phi) is 5.46. The van der Waals surface area contributed by atoms with Crippen LogP contribution in [-0.4, -0.2) is 71.7 Å². The second kappa shape index (κ2) is 8.44. The van der Waals surface area contributed by atoms with Crippen LogP contribution in [0.25, 0.3) is 10.9 Å². The minimum absolute atomic E-state index is 0.00862. The summed E-state index contributed by atoms with van der Waals surface area (Å²) in [5, 5.41) is 10.3. The first kappa shape index (κ1) is 21.3. The Labute approximate surface area is 191 Å². The van der Waals surface area contributed by atoms with Gasteiger partial charge in [0.05, 0.1) is 26.8 Å². The standard InChI is InChI=1S/C25H27N3O5/c1-32-20-9-8-15(12-21(20)33-2)24-23-17(16-6-3-4-7-18(16)26-23)13-19-25(31)27(10-5-11-29)14-22(30)28(19)24/h3-4,6-9,12,19,24,26,29H,5,10-11,13-14H2,1-2H3/t19-,24+/m0/s1. The second-order valence-electron chi connectivity index (χ2n) is 8.44. The number of fused-ring (bicyclic) bond motifs is 4. The van der Waals surface area contributed by atoms with Crippen LogP contribution in [0.3, 0.4) is 0 Å². The Morgan fingerprint density at radius 1 is 1.09 bits per heavy atom. The maximum Gasteiger partial charge on any atom is 0.246 e. The van der Waals surface area contributed by atoms with Gasteiger partial charge in [-0.05, 0) is 35.7 Å². The molecule has 33 heavy (non-hydrogen) atoms. The molecule has 2 aliphatic heterocycles. The minimum Gasteiger partial charge on any atom is -0.493 e. The van der Waals surface area contributed by atoms with Crippen molar-refractivity contribution in [2.45, 2.75) is 24.9 Å². The summed E-state index contributed by atoms with van der Waals surface area (Å²) in [6.07, 6.45) is 0.895. The van der Waals surface area contributed by atoms with Crippen LogP contribution in [0.1, 0.15) is 29.3 Å². The predicted molar refractivity (Wildman–Crippen MR) is 122 cm³/mol. The van der Waals surface area contributed by atoms with Gasteiger partial charge in [0.2, 0.25) is 11.8 Å². The molecule has 2 atom stereocenters. The number of ether oxygens (including phenoxy) is 2. The van der Waals surface area contributed by atoms with Crippen molar-refractivity contribution in [1.82, 2.24) is 14.8 Å². The molecule has 8 nitrogen and oxygen atoms in total. The van der Waals surface area contributed by atoms with Crippen LogP contribution in [0.5, 0.6) is 11.5 Å². The number of piperazine rings is 1. The fraction of sp³-hybridized carbons (Fsp3) is 0.360. The summed E-state index contributed by atoms with van der Waals surface area (Å²) in [6, 6.07) is 12.6. The highest BCUT2D eigenvalue weighted by Crippen LogP contribution is 2.44. The number of carbonyl (C=O) groups is 2. The van der Waals surface area contributed by atoms with Crippen molar-refractivity contribution >= 4 is 22.7 Å². The molecule has 2 amide bonds. The van der Waals surface area contributed by atoms with E-state index in [4.69, 9.17) is 9.47 Å². The quantitative estimate of drug-likeness (QED) is 0.602. The molecule has 8 heteroatoms. The van der Waals surface area contributed by atoms with Gasteiger partial charge < -0.3 is 29.4 Å². The first-order chi connectivity index (χ1) is 16.1. The van der Waals surface area contributed by atoms with Gasteiger partial charge in [-0.3, -0.25) is 9.59 Å². The Morgan fingerprint density at radius 2 is 1.88 bits per heavy atom. The summed E-state index contributed by atoms with van der Waals surface area (Å²) in [6.45, 7) is 0.356. The predicted octanol–water partition coefficient (Wildman–Crippen LogP) is 2.25.